The summed E-state index contributed by atoms with van der Waals surface area (Å²) in [6.07, 6.45) is 0. The van der Waals surface area contributed by atoms with Crippen LogP contribution in [0.5, 0.6) is 0 Å². The molecule has 14 aromatic carbocycles. The number of rotatable bonds is 9. The van der Waals surface area contributed by atoms with E-state index in [2.05, 4.69) is 506 Å². The third-order valence-corrected chi connectivity index (χ3v) is 31.6. The van der Waals surface area contributed by atoms with Crippen molar-refractivity contribution in [3.8, 4) is 67.0 Å². The first-order chi connectivity index (χ1) is 63.6. The number of hydrogen-bond donors (Lipinski definition) is 0. The van der Waals surface area contributed by atoms with Crippen molar-refractivity contribution >= 4 is 101 Å². The topological polar surface area (TPSA) is 16.3 Å². The van der Waals surface area contributed by atoms with E-state index < -0.39 is 0 Å². The molecule has 4 heterocycles. The van der Waals surface area contributed by atoms with Crippen LogP contribution in [0.1, 0.15) is 308 Å². The lowest BCUT2D eigenvalue weighted by molar-refractivity contribution is 0.568. The second-order valence-electron chi connectivity index (χ2n) is 51.5. The fraction of sp³-hybridized carbons (Fsp3) is 0.364. The van der Waals surface area contributed by atoms with Gasteiger partial charge < -0.3 is 18.9 Å². The second-order valence-corrected chi connectivity index (χ2v) is 51.5. The quantitative estimate of drug-likeness (QED) is 0.134. The molecule has 0 fully saturated rings. The van der Waals surface area contributed by atoms with Gasteiger partial charge in [0.1, 0.15) is 0 Å². The van der Waals surface area contributed by atoms with Crippen molar-refractivity contribution in [1.29, 1.82) is 0 Å². The molecule has 0 saturated heterocycles. The van der Waals surface area contributed by atoms with E-state index in [4.69, 9.17) is 0 Å². The fourth-order valence-corrected chi connectivity index (χ4v) is 22.4. The van der Waals surface area contributed by atoms with Crippen molar-refractivity contribution in [2.24, 2.45) is 0 Å². The molecular formula is C132H151BN4. The summed E-state index contributed by atoms with van der Waals surface area (Å²) < 4.78 is 5.42. The minimum Gasteiger partial charge on any atom is -0.310 e. The molecule has 0 bridgehead atoms. The van der Waals surface area contributed by atoms with E-state index in [1.165, 1.54) is 177 Å². The average Bonchev–Trinajstić information content (AvgIpc) is 1.68. The minimum atomic E-state index is -0.351. The minimum absolute atomic E-state index is 0.0978. The number of aryl methyl sites for hydroxylation is 4. The molecule has 0 radical (unpaired) electrons. The van der Waals surface area contributed by atoms with Gasteiger partial charge in [-0.15, -0.1) is 0 Å². The molecule has 2 aromatic heterocycles. The fourth-order valence-electron chi connectivity index (χ4n) is 22.4. The predicted octanol–water partition coefficient (Wildman–Crippen LogP) is 35.7. The smallest absolute Gasteiger partial charge is 0.252 e. The van der Waals surface area contributed by atoms with Crippen LogP contribution in [-0.4, -0.2) is 15.8 Å². The molecule has 16 aromatic rings. The van der Waals surface area contributed by atoms with Gasteiger partial charge in [-0.1, -0.05) is 378 Å². The van der Waals surface area contributed by atoms with Gasteiger partial charge in [-0.05, 0) is 314 Å². The Morgan fingerprint density at radius 1 is 0.219 bits per heavy atom. The molecular weight excluding hydrogens is 1650 g/mol. The molecule has 5 heteroatoms. The lowest BCUT2D eigenvalue weighted by atomic mass is 9.33. The van der Waals surface area contributed by atoms with Crippen LogP contribution in [0.15, 0.2) is 224 Å². The first-order valence-corrected chi connectivity index (χ1v) is 50.7. The Hall–Kier alpha value is -11.7. The predicted molar refractivity (Wildman–Crippen MR) is 601 cm³/mol. The average molecular weight is 1800 g/mol. The lowest BCUT2D eigenvalue weighted by Gasteiger charge is -2.46. The third kappa shape index (κ3) is 16.3. The molecule has 0 atom stereocenters. The largest absolute Gasteiger partial charge is 0.310 e. The Balaban J connectivity index is 1.13. The molecule has 0 unspecified atom stereocenters. The molecule has 0 aliphatic carbocycles. The maximum atomic E-state index is 2.87. The van der Waals surface area contributed by atoms with Gasteiger partial charge in [0, 0.05) is 72.2 Å². The number of anilines is 6. The molecule has 0 saturated carbocycles. The van der Waals surface area contributed by atoms with E-state index in [1.54, 1.807) is 0 Å². The van der Waals surface area contributed by atoms with Crippen molar-refractivity contribution in [3.05, 3.63) is 325 Å². The van der Waals surface area contributed by atoms with Crippen LogP contribution < -0.4 is 26.2 Å². The maximum absolute atomic E-state index is 2.87. The van der Waals surface area contributed by atoms with Gasteiger partial charge in [0.25, 0.3) is 6.71 Å². The van der Waals surface area contributed by atoms with Gasteiger partial charge in [0.15, 0.2) is 0 Å². The number of hydrogen-bond acceptors (Lipinski definition) is 2. The number of nitrogens with zero attached hydrogens (tertiary/aromatic N) is 4. The number of fused-ring (bicyclic) bond motifs is 10. The molecule has 2 aliphatic rings. The molecule has 4 nitrogen and oxygen atoms in total. The van der Waals surface area contributed by atoms with E-state index >= 15 is 0 Å². The zero-order chi connectivity index (χ0) is 99.2. The zero-order valence-electron chi connectivity index (χ0n) is 90.2. The third-order valence-electron chi connectivity index (χ3n) is 31.6. The van der Waals surface area contributed by atoms with Crippen LogP contribution in [0.4, 0.5) is 34.1 Å². The molecule has 0 N–H and O–H groups in total. The van der Waals surface area contributed by atoms with Crippen molar-refractivity contribution < 1.29 is 0 Å². The molecule has 18 rings (SSSR count). The maximum Gasteiger partial charge on any atom is 0.252 e. The standard InChI is InChI=1S/C132H151BN4/c1-76-78(3)82(7)119-115(80(76)5)116-81(6)77(2)79(4)83(8)120(116)135(119)97-59-61-108-112(73-97)137(122-100(85-50-55-90(56-51-85)124(12,13)14)43-40-45-102(122)117-105(131(33,34)35)46-41-47-106(117)132(36,37)38)114-75-98(134-109-62-57-91(125(15,16)17)71-103(109)104-72-92(126(18,19)20)58-63-110(104)134)74-113-118(114)133(108)107-60-52-86(87-64-93(127(21,22)23)69-94(65-87)128(24,25)26)68-111(107)136(113)121-99(84-48-53-89(54-49-84)123(9,10)11)42-39-44-101(121)88-66-95(129(27,28)29)70-96(67-88)130(30,31)32/h39-75H,1-38H3. The van der Waals surface area contributed by atoms with Gasteiger partial charge >= 0.3 is 0 Å². The second kappa shape index (κ2) is 32.5. The SMILES string of the molecule is Cc1c(C)c(C)c2c(c1C)c1c(C)c(C)c(C)c(C)c1n2-c1ccc2c(c1)N(c1c(-c3ccc(C(C)(C)C)cc3)cccc1-c1c(C(C)(C)C)cccc1C(C)(C)C)c1cc(-n3c4ccc(C(C)(C)C)cc4c4cc(C(C)(C)C)ccc43)cc3c1B2c1ccc(-c2cc(C(C)(C)C)cc(C(C)(C)C)c2)cc1N3c1c(-c2ccc(C(C)(C)C)cc2)cccc1-c1cc(C(C)(C)C)cc(C(C)(C)C)c1. The summed E-state index contributed by atoms with van der Waals surface area (Å²) in [6.45, 7) is 90.3. The van der Waals surface area contributed by atoms with Crippen LogP contribution in [0, 0.1) is 55.4 Å². The van der Waals surface area contributed by atoms with Crippen molar-refractivity contribution in [2.45, 2.75) is 317 Å². The van der Waals surface area contributed by atoms with Crippen LogP contribution in [0.3, 0.4) is 0 Å². The van der Waals surface area contributed by atoms with E-state index in [1.807, 2.05) is 0 Å². The molecule has 0 spiro atoms. The summed E-state index contributed by atoms with van der Waals surface area (Å²) in [6, 6.07) is 92.2. The van der Waals surface area contributed by atoms with Crippen LogP contribution in [0.2, 0.25) is 0 Å². The number of para-hydroxylation sites is 2. The Labute approximate surface area is 822 Å². The Morgan fingerprint density at radius 3 is 0.927 bits per heavy atom. The van der Waals surface area contributed by atoms with E-state index in [9.17, 15) is 0 Å². The van der Waals surface area contributed by atoms with Crippen LogP contribution in [0.25, 0.3) is 111 Å². The zero-order valence-corrected chi connectivity index (χ0v) is 90.2. The Morgan fingerprint density at radius 2 is 0.540 bits per heavy atom. The van der Waals surface area contributed by atoms with E-state index in [-0.39, 0.29) is 60.9 Å². The highest BCUT2D eigenvalue weighted by molar-refractivity contribution is 7.00. The van der Waals surface area contributed by atoms with E-state index in [0.717, 1.165) is 84.3 Å². The van der Waals surface area contributed by atoms with Crippen molar-refractivity contribution in [3.63, 3.8) is 0 Å². The highest BCUT2D eigenvalue weighted by Crippen LogP contribution is 2.58. The summed E-state index contributed by atoms with van der Waals surface area (Å²) in [4.78, 5) is 5.71. The molecule has 702 valence electrons. The molecule has 2 aliphatic heterocycles. The first kappa shape index (κ1) is 95.6. The summed E-state index contributed by atoms with van der Waals surface area (Å²) in [5, 5.41) is 5.17. The van der Waals surface area contributed by atoms with Crippen molar-refractivity contribution in [1.82, 2.24) is 9.13 Å². The summed E-state index contributed by atoms with van der Waals surface area (Å²) in [7, 11) is 0. The van der Waals surface area contributed by atoms with Gasteiger partial charge in [-0.25, -0.2) is 0 Å². The Kier molecular flexibility index (Phi) is 22.7. The summed E-state index contributed by atoms with van der Waals surface area (Å²) >= 11 is 0. The van der Waals surface area contributed by atoms with Crippen LogP contribution in [-0.2, 0) is 54.1 Å². The number of benzene rings is 14. The highest BCUT2D eigenvalue weighted by atomic mass is 15.2. The van der Waals surface area contributed by atoms with Crippen molar-refractivity contribution in [2.75, 3.05) is 9.80 Å². The van der Waals surface area contributed by atoms with Crippen LogP contribution >= 0.6 is 0 Å². The highest BCUT2D eigenvalue weighted by Gasteiger charge is 2.48. The first-order valence-electron chi connectivity index (χ1n) is 50.7. The summed E-state index contributed by atoms with van der Waals surface area (Å²) in [5.74, 6) is 0. The van der Waals surface area contributed by atoms with Gasteiger partial charge in [0.2, 0.25) is 0 Å². The monoisotopic (exact) mass is 1800 g/mol. The lowest BCUT2D eigenvalue weighted by Crippen LogP contribution is -2.61. The van der Waals surface area contributed by atoms with Gasteiger partial charge in [-0.2, -0.15) is 0 Å². The molecule has 0 amide bonds. The Bertz CT molecular complexity index is 7410. The van der Waals surface area contributed by atoms with Gasteiger partial charge in [-0.3, -0.25) is 0 Å². The molecule has 137 heavy (non-hydrogen) atoms. The normalized spacial score (nSPS) is 13.7. The van der Waals surface area contributed by atoms with Gasteiger partial charge in [0.05, 0.1) is 39.1 Å². The van der Waals surface area contributed by atoms with E-state index in [0.29, 0.717) is 0 Å². The summed E-state index contributed by atoms with van der Waals surface area (Å²) in [5.41, 5.74) is 51.3. The number of aromatic nitrogens is 2.